The summed E-state index contributed by atoms with van der Waals surface area (Å²) < 4.78 is 14.5. The van der Waals surface area contributed by atoms with Gasteiger partial charge in [0.2, 0.25) is 5.95 Å². The normalized spacial score (nSPS) is 22.3. The molecule has 2 aromatic rings. The maximum absolute atomic E-state index is 14.5. The summed E-state index contributed by atoms with van der Waals surface area (Å²) in [6, 6.07) is 8.00. The molecule has 0 unspecified atom stereocenters. The average molecular weight is 398 g/mol. The van der Waals surface area contributed by atoms with Gasteiger partial charge in [0, 0.05) is 30.4 Å². The molecule has 2 heterocycles. The Kier molecular flexibility index (Phi) is 5.92. The van der Waals surface area contributed by atoms with E-state index in [-0.39, 0.29) is 12.0 Å². The molecule has 1 saturated heterocycles. The van der Waals surface area contributed by atoms with Crippen LogP contribution in [0.3, 0.4) is 0 Å². The third kappa shape index (κ3) is 4.66. The molecule has 0 radical (unpaired) electrons. The summed E-state index contributed by atoms with van der Waals surface area (Å²) in [5, 5.41) is 12.4. The molecule has 0 atom stereocenters. The number of carboxylic acid groups (broad SMARTS) is 1. The second-order valence-corrected chi connectivity index (χ2v) is 8.02. The second-order valence-electron chi connectivity index (χ2n) is 8.02. The minimum Gasteiger partial charge on any atom is -0.481 e. The summed E-state index contributed by atoms with van der Waals surface area (Å²) in [6.07, 6.45) is 7.61. The molecule has 0 amide bonds. The Balaban J connectivity index is 1.49. The van der Waals surface area contributed by atoms with E-state index in [1.807, 2.05) is 18.2 Å². The van der Waals surface area contributed by atoms with Crippen molar-refractivity contribution in [2.24, 2.45) is 5.92 Å². The van der Waals surface area contributed by atoms with Crippen molar-refractivity contribution in [2.45, 2.75) is 51.0 Å². The molecule has 154 valence electrons. The van der Waals surface area contributed by atoms with Crippen LogP contribution in [-0.2, 0) is 4.79 Å². The monoisotopic (exact) mass is 398 g/mol. The quantitative estimate of drug-likeness (QED) is 0.781. The van der Waals surface area contributed by atoms with Gasteiger partial charge in [-0.15, -0.1) is 0 Å². The highest BCUT2D eigenvalue weighted by Crippen LogP contribution is 2.29. The van der Waals surface area contributed by atoms with Crippen LogP contribution in [0.25, 0.3) is 11.3 Å². The van der Waals surface area contributed by atoms with Gasteiger partial charge in [-0.25, -0.2) is 14.4 Å². The fourth-order valence-electron chi connectivity index (χ4n) is 4.31. The van der Waals surface area contributed by atoms with E-state index >= 15 is 0 Å². The van der Waals surface area contributed by atoms with E-state index < -0.39 is 11.8 Å². The smallest absolute Gasteiger partial charge is 0.306 e. The maximum Gasteiger partial charge on any atom is 0.306 e. The van der Waals surface area contributed by atoms with Gasteiger partial charge in [-0.3, -0.25) is 4.79 Å². The van der Waals surface area contributed by atoms with E-state index in [4.69, 9.17) is 5.11 Å². The van der Waals surface area contributed by atoms with Crippen molar-refractivity contribution in [2.75, 3.05) is 23.3 Å². The Labute approximate surface area is 170 Å². The highest BCUT2D eigenvalue weighted by molar-refractivity contribution is 5.70. The molecular weight excluding hydrogens is 371 g/mol. The van der Waals surface area contributed by atoms with Crippen LogP contribution in [0, 0.1) is 11.7 Å². The number of carboxylic acids is 1. The molecule has 1 aromatic carbocycles. The standard InChI is InChI=1S/C22H27FN4O2/c23-19-14-24-22(25-17-9-7-15(8-10-17)21(28)29)26-20(19)16-5-4-6-18(13-16)27-11-2-1-3-12-27/h4-6,13-15,17H,1-3,7-12H2,(H,28,29)(H,24,25,26)/t15-,17-. The van der Waals surface area contributed by atoms with Crippen molar-refractivity contribution in [3.05, 3.63) is 36.3 Å². The number of halogens is 1. The minimum atomic E-state index is -0.725. The predicted octanol–water partition coefficient (Wildman–Crippen LogP) is 4.33. The van der Waals surface area contributed by atoms with Gasteiger partial charge in [0.25, 0.3) is 0 Å². The Hall–Kier alpha value is -2.70. The molecule has 1 saturated carbocycles. The van der Waals surface area contributed by atoms with Crippen LogP contribution >= 0.6 is 0 Å². The van der Waals surface area contributed by atoms with E-state index in [9.17, 15) is 9.18 Å². The molecule has 1 aliphatic carbocycles. The zero-order chi connectivity index (χ0) is 20.2. The van der Waals surface area contributed by atoms with E-state index in [0.717, 1.165) is 37.2 Å². The number of hydrogen-bond donors (Lipinski definition) is 2. The Bertz CT molecular complexity index is 862. The van der Waals surface area contributed by atoms with E-state index in [0.29, 0.717) is 24.5 Å². The van der Waals surface area contributed by atoms with Crippen molar-refractivity contribution in [3.8, 4) is 11.3 Å². The fraction of sp³-hybridized carbons (Fsp3) is 0.500. The summed E-state index contributed by atoms with van der Waals surface area (Å²) in [6.45, 7) is 2.06. The number of anilines is 2. The molecule has 7 heteroatoms. The number of nitrogens with one attached hydrogen (secondary N) is 1. The lowest BCUT2D eigenvalue weighted by Gasteiger charge is -2.29. The van der Waals surface area contributed by atoms with Crippen LogP contribution in [0.1, 0.15) is 44.9 Å². The Morgan fingerprint density at radius 1 is 1.14 bits per heavy atom. The van der Waals surface area contributed by atoms with E-state index in [1.165, 1.54) is 25.5 Å². The molecular formula is C22H27FN4O2. The topological polar surface area (TPSA) is 78.3 Å². The Morgan fingerprint density at radius 3 is 2.62 bits per heavy atom. The predicted molar refractivity (Wildman–Crippen MR) is 110 cm³/mol. The third-order valence-electron chi connectivity index (χ3n) is 5.99. The number of benzene rings is 1. The van der Waals surface area contributed by atoms with Crippen molar-refractivity contribution >= 4 is 17.6 Å². The van der Waals surface area contributed by atoms with Crippen LogP contribution in [0.2, 0.25) is 0 Å². The van der Waals surface area contributed by atoms with Crippen LogP contribution in [0.15, 0.2) is 30.5 Å². The van der Waals surface area contributed by atoms with Crippen LogP contribution in [-0.4, -0.2) is 40.2 Å². The van der Waals surface area contributed by atoms with Crippen LogP contribution < -0.4 is 10.2 Å². The number of rotatable bonds is 5. The average Bonchev–Trinajstić information content (AvgIpc) is 2.76. The van der Waals surface area contributed by atoms with E-state index in [1.54, 1.807) is 0 Å². The molecule has 2 aliphatic rings. The second kappa shape index (κ2) is 8.76. The molecule has 4 rings (SSSR count). The van der Waals surface area contributed by atoms with Gasteiger partial charge in [0.1, 0.15) is 5.69 Å². The Morgan fingerprint density at radius 2 is 1.90 bits per heavy atom. The van der Waals surface area contributed by atoms with Gasteiger partial charge >= 0.3 is 5.97 Å². The first-order valence-electron chi connectivity index (χ1n) is 10.5. The van der Waals surface area contributed by atoms with Gasteiger partial charge in [-0.2, -0.15) is 0 Å². The molecule has 29 heavy (non-hydrogen) atoms. The minimum absolute atomic E-state index is 0.114. The molecule has 1 aliphatic heterocycles. The van der Waals surface area contributed by atoms with Crippen molar-refractivity contribution in [3.63, 3.8) is 0 Å². The molecule has 1 aromatic heterocycles. The van der Waals surface area contributed by atoms with E-state index in [2.05, 4.69) is 26.3 Å². The number of nitrogens with zero attached hydrogens (tertiary/aromatic N) is 3. The summed E-state index contributed by atoms with van der Waals surface area (Å²) in [5.74, 6) is -1.04. The fourth-order valence-corrected chi connectivity index (χ4v) is 4.31. The lowest BCUT2D eigenvalue weighted by Crippen LogP contribution is -2.30. The first-order valence-corrected chi connectivity index (χ1v) is 10.5. The number of piperidine rings is 1. The maximum atomic E-state index is 14.5. The SMILES string of the molecule is O=C(O)[C@H]1CC[C@H](Nc2ncc(F)c(-c3cccc(N4CCCCC4)c3)n2)CC1. The first kappa shape index (κ1) is 19.6. The zero-order valence-electron chi connectivity index (χ0n) is 16.5. The molecule has 2 fully saturated rings. The molecule has 2 N–H and O–H groups in total. The van der Waals surface area contributed by atoms with Crippen LogP contribution in [0.4, 0.5) is 16.0 Å². The molecule has 6 nitrogen and oxygen atoms in total. The van der Waals surface area contributed by atoms with Gasteiger partial charge in [0.15, 0.2) is 5.82 Å². The van der Waals surface area contributed by atoms with Crippen molar-refractivity contribution < 1.29 is 14.3 Å². The third-order valence-corrected chi connectivity index (χ3v) is 5.99. The summed E-state index contributed by atoms with van der Waals surface area (Å²) in [4.78, 5) is 22.0. The molecule has 0 bridgehead atoms. The summed E-state index contributed by atoms with van der Waals surface area (Å²) >= 11 is 0. The van der Waals surface area contributed by atoms with Gasteiger partial charge in [0.05, 0.1) is 12.1 Å². The van der Waals surface area contributed by atoms with Gasteiger partial charge in [-0.1, -0.05) is 12.1 Å². The number of hydrogen-bond acceptors (Lipinski definition) is 5. The number of aromatic nitrogens is 2. The number of carbonyl (C=O) groups is 1. The lowest BCUT2D eigenvalue weighted by molar-refractivity contribution is -0.142. The van der Waals surface area contributed by atoms with Gasteiger partial charge < -0.3 is 15.3 Å². The van der Waals surface area contributed by atoms with Crippen LogP contribution in [0.5, 0.6) is 0 Å². The summed E-state index contributed by atoms with van der Waals surface area (Å²) in [7, 11) is 0. The van der Waals surface area contributed by atoms with Crippen molar-refractivity contribution in [1.29, 1.82) is 0 Å². The first-order chi connectivity index (χ1) is 14.1. The van der Waals surface area contributed by atoms with Gasteiger partial charge in [-0.05, 0) is 57.1 Å². The lowest BCUT2D eigenvalue weighted by atomic mass is 9.86. The highest BCUT2D eigenvalue weighted by Gasteiger charge is 2.26. The summed E-state index contributed by atoms with van der Waals surface area (Å²) in [5.41, 5.74) is 2.13. The van der Waals surface area contributed by atoms with Crippen molar-refractivity contribution in [1.82, 2.24) is 9.97 Å². The largest absolute Gasteiger partial charge is 0.481 e. The highest BCUT2D eigenvalue weighted by atomic mass is 19.1. The number of aliphatic carboxylic acids is 1. The molecule has 0 spiro atoms. The zero-order valence-corrected chi connectivity index (χ0v) is 16.5.